The summed E-state index contributed by atoms with van der Waals surface area (Å²) < 4.78 is 10.5. The second-order valence-electron chi connectivity index (χ2n) is 6.06. The number of furan rings is 1. The van der Waals surface area contributed by atoms with Gasteiger partial charge in [0.05, 0.1) is 30.5 Å². The van der Waals surface area contributed by atoms with Crippen molar-refractivity contribution in [1.29, 1.82) is 0 Å². The zero-order chi connectivity index (χ0) is 17.4. The Hall–Kier alpha value is -2.80. The van der Waals surface area contributed by atoms with Crippen LogP contribution in [0.25, 0.3) is 0 Å². The van der Waals surface area contributed by atoms with Gasteiger partial charge in [0.1, 0.15) is 18.4 Å². The van der Waals surface area contributed by atoms with E-state index >= 15 is 0 Å². The van der Waals surface area contributed by atoms with Gasteiger partial charge in [-0.3, -0.25) is 9.63 Å². The molecule has 2 aliphatic rings. The number of imide groups is 1. The molecule has 7 nitrogen and oxygen atoms in total. The first kappa shape index (κ1) is 15.7. The van der Waals surface area contributed by atoms with E-state index in [1.807, 2.05) is 43.3 Å². The molecule has 3 heterocycles. The highest BCUT2D eigenvalue weighted by atomic mass is 16.7. The van der Waals surface area contributed by atoms with Crippen LogP contribution in [0.4, 0.5) is 10.5 Å². The summed E-state index contributed by atoms with van der Waals surface area (Å²) in [5.74, 6) is -0.286. The largest absolute Gasteiger partial charge is 0.467 e. The maximum absolute atomic E-state index is 13.0. The van der Waals surface area contributed by atoms with Crippen molar-refractivity contribution in [3.8, 4) is 0 Å². The predicted molar refractivity (Wildman–Crippen MR) is 87.5 cm³/mol. The molecule has 1 aromatic carbocycles. The molecular weight excluding hydrogens is 324 g/mol. The summed E-state index contributed by atoms with van der Waals surface area (Å²) in [6, 6.07) is 12.6. The highest BCUT2D eigenvalue weighted by molar-refractivity contribution is 5.95. The van der Waals surface area contributed by atoms with Crippen molar-refractivity contribution in [1.82, 2.24) is 4.90 Å². The van der Waals surface area contributed by atoms with Crippen LogP contribution in [0.5, 0.6) is 0 Å². The molecule has 1 aromatic heterocycles. The number of anilines is 1. The van der Waals surface area contributed by atoms with Crippen LogP contribution in [0.2, 0.25) is 0 Å². The number of nitrogens with zero attached hydrogens (tertiary/aromatic N) is 2. The minimum Gasteiger partial charge on any atom is -0.467 e. The van der Waals surface area contributed by atoms with E-state index in [1.165, 1.54) is 0 Å². The van der Waals surface area contributed by atoms with Crippen molar-refractivity contribution in [3.63, 3.8) is 0 Å². The van der Waals surface area contributed by atoms with E-state index in [0.717, 1.165) is 10.6 Å². The maximum Gasteiger partial charge on any atom is 0.416 e. The monoisotopic (exact) mass is 342 g/mol. The Morgan fingerprint density at radius 2 is 1.96 bits per heavy atom. The molecule has 2 amide bonds. The van der Waals surface area contributed by atoms with Crippen LogP contribution in [-0.2, 0) is 14.4 Å². The lowest BCUT2D eigenvalue weighted by atomic mass is 9.92. The number of para-hydroxylation sites is 1. The third kappa shape index (κ3) is 2.66. The molecule has 0 bridgehead atoms. The van der Waals surface area contributed by atoms with E-state index in [9.17, 15) is 9.59 Å². The van der Waals surface area contributed by atoms with Gasteiger partial charge in [0, 0.05) is 0 Å². The molecule has 7 heteroatoms. The van der Waals surface area contributed by atoms with Crippen LogP contribution in [0, 0.1) is 5.92 Å². The van der Waals surface area contributed by atoms with Gasteiger partial charge in [-0.2, -0.15) is 0 Å². The number of carbonyl (C=O) groups is 2. The normalized spacial score (nSPS) is 26.1. The fourth-order valence-electron chi connectivity index (χ4n) is 3.37. The van der Waals surface area contributed by atoms with Crippen molar-refractivity contribution >= 4 is 17.7 Å². The van der Waals surface area contributed by atoms with Gasteiger partial charge in [0.25, 0.3) is 0 Å². The van der Waals surface area contributed by atoms with Crippen LogP contribution >= 0.6 is 0 Å². The molecule has 25 heavy (non-hydrogen) atoms. The molecule has 0 radical (unpaired) electrons. The number of rotatable bonds is 3. The average Bonchev–Trinajstić information content (AvgIpc) is 3.34. The number of ether oxygens (including phenoxy) is 1. The zero-order valence-corrected chi connectivity index (χ0v) is 13.7. The number of hydroxylamine groups is 1. The van der Waals surface area contributed by atoms with Crippen molar-refractivity contribution in [3.05, 3.63) is 54.5 Å². The zero-order valence-electron chi connectivity index (χ0n) is 13.7. The first-order chi connectivity index (χ1) is 12.2. The van der Waals surface area contributed by atoms with Gasteiger partial charge < -0.3 is 9.15 Å². The molecule has 0 saturated carbocycles. The van der Waals surface area contributed by atoms with Gasteiger partial charge >= 0.3 is 6.09 Å². The third-order valence-electron chi connectivity index (χ3n) is 4.54. The van der Waals surface area contributed by atoms with Crippen molar-refractivity contribution < 1.29 is 23.6 Å². The molecule has 4 rings (SSSR count). The lowest BCUT2D eigenvalue weighted by molar-refractivity contribution is -0.133. The molecule has 2 aromatic rings. The first-order valence-corrected chi connectivity index (χ1v) is 8.19. The van der Waals surface area contributed by atoms with E-state index in [2.05, 4.69) is 0 Å². The van der Waals surface area contributed by atoms with Gasteiger partial charge in [-0.25, -0.2) is 14.8 Å². The Balaban J connectivity index is 1.72. The maximum atomic E-state index is 13.0. The molecule has 2 aliphatic heterocycles. The van der Waals surface area contributed by atoms with Crippen molar-refractivity contribution in [2.24, 2.45) is 5.92 Å². The summed E-state index contributed by atoms with van der Waals surface area (Å²) in [4.78, 5) is 32.0. The summed E-state index contributed by atoms with van der Waals surface area (Å²) in [6.07, 6.45) is 0.539. The lowest BCUT2D eigenvalue weighted by Gasteiger charge is -2.26. The highest BCUT2D eigenvalue weighted by Gasteiger charge is 2.51. The third-order valence-corrected chi connectivity index (χ3v) is 4.54. The van der Waals surface area contributed by atoms with Crippen molar-refractivity contribution in [2.45, 2.75) is 19.1 Å². The Morgan fingerprint density at radius 1 is 1.16 bits per heavy atom. The Kier molecular flexibility index (Phi) is 3.93. The lowest BCUT2D eigenvalue weighted by Crippen LogP contribution is -2.41. The number of benzene rings is 1. The first-order valence-electron chi connectivity index (χ1n) is 8.19. The fraction of sp³-hybridized carbons (Fsp3) is 0.333. The Bertz CT molecular complexity index is 761. The van der Waals surface area contributed by atoms with E-state index < -0.39 is 24.2 Å². The SMILES string of the molecule is C[C@H]1ON(c2ccccc2)[C@@H](c2ccco2)[C@@H]1C(=O)N1CCOC1=O. The summed E-state index contributed by atoms with van der Waals surface area (Å²) in [6.45, 7) is 2.31. The summed E-state index contributed by atoms with van der Waals surface area (Å²) in [7, 11) is 0. The predicted octanol–water partition coefficient (Wildman–Crippen LogP) is 2.76. The van der Waals surface area contributed by atoms with Gasteiger partial charge in [-0.15, -0.1) is 0 Å². The highest BCUT2D eigenvalue weighted by Crippen LogP contribution is 2.43. The number of cyclic esters (lactones) is 1. The summed E-state index contributed by atoms with van der Waals surface area (Å²) in [5.41, 5.74) is 0.815. The fourth-order valence-corrected chi connectivity index (χ4v) is 3.37. The van der Waals surface area contributed by atoms with Crippen LogP contribution in [-0.4, -0.2) is 36.2 Å². The van der Waals surface area contributed by atoms with Crippen LogP contribution in [0.3, 0.4) is 0 Å². The second-order valence-corrected chi connectivity index (χ2v) is 6.06. The van der Waals surface area contributed by atoms with Gasteiger partial charge in [0.2, 0.25) is 5.91 Å². The molecule has 0 aliphatic carbocycles. The van der Waals surface area contributed by atoms with Gasteiger partial charge in [-0.05, 0) is 31.2 Å². The Morgan fingerprint density at radius 3 is 2.60 bits per heavy atom. The Labute approximate surface area is 144 Å². The molecule has 2 fully saturated rings. The minimum atomic E-state index is -0.603. The molecular formula is C18H18N2O5. The van der Waals surface area contributed by atoms with E-state index in [1.54, 1.807) is 17.4 Å². The number of amides is 2. The molecule has 0 N–H and O–H groups in total. The smallest absolute Gasteiger partial charge is 0.416 e. The van der Waals surface area contributed by atoms with E-state index in [-0.39, 0.29) is 19.1 Å². The molecule has 3 atom stereocenters. The van der Waals surface area contributed by atoms with Gasteiger partial charge in [0.15, 0.2) is 0 Å². The minimum absolute atomic E-state index is 0.223. The number of hydrogen-bond donors (Lipinski definition) is 0. The van der Waals surface area contributed by atoms with Crippen LogP contribution in [0.15, 0.2) is 53.1 Å². The standard InChI is InChI=1S/C18H18N2O5/c1-12-15(17(21)19-9-11-24-18(19)22)16(14-8-5-10-23-14)20(25-12)13-6-3-2-4-7-13/h2-8,10,12,15-16H,9,11H2,1H3/t12-,15-,16+/m1/s1. The molecule has 0 unspecified atom stereocenters. The quantitative estimate of drug-likeness (QED) is 0.854. The summed E-state index contributed by atoms with van der Waals surface area (Å²) in [5, 5.41) is 1.69. The summed E-state index contributed by atoms with van der Waals surface area (Å²) >= 11 is 0. The molecule has 0 spiro atoms. The van der Waals surface area contributed by atoms with Gasteiger partial charge in [-0.1, -0.05) is 18.2 Å². The average molecular weight is 342 g/mol. The number of carbonyl (C=O) groups excluding carboxylic acids is 2. The number of hydrogen-bond acceptors (Lipinski definition) is 6. The van der Waals surface area contributed by atoms with E-state index in [4.69, 9.17) is 14.0 Å². The van der Waals surface area contributed by atoms with E-state index in [0.29, 0.717) is 5.76 Å². The second kappa shape index (κ2) is 6.25. The van der Waals surface area contributed by atoms with Crippen LogP contribution in [0.1, 0.15) is 18.7 Å². The van der Waals surface area contributed by atoms with Crippen LogP contribution < -0.4 is 5.06 Å². The molecule has 2 saturated heterocycles. The molecule has 130 valence electrons. The topological polar surface area (TPSA) is 72.2 Å². The van der Waals surface area contributed by atoms with Crippen molar-refractivity contribution in [2.75, 3.05) is 18.2 Å².